The summed E-state index contributed by atoms with van der Waals surface area (Å²) in [5.41, 5.74) is 1.29. The van der Waals surface area contributed by atoms with Crippen molar-refractivity contribution < 1.29 is 19.1 Å². The van der Waals surface area contributed by atoms with Crippen LogP contribution in [0.5, 0.6) is 0 Å². The summed E-state index contributed by atoms with van der Waals surface area (Å²) in [6, 6.07) is 5.37. The number of nitrogens with zero attached hydrogens (tertiary/aromatic N) is 1. The molecule has 0 spiro atoms. The number of rotatable bonds is 4. The predicted octanol–water partition coefficient (Wildman–Crippen LogP) is 2.94. The molecule has 0 aromatic heterocycles. The topological polar surface area (TPSA) is 63.7 Å². The van der Waals surface area contributed by atoms with Crippen LogP contribution in [-0.4, -0.2) is 30.3 Å². The van der Waals surface area contributed by atoms with E-state index in [2.05, 4.69) is 22.6 Å². The number of carbonyl (C=O) groups is 3. The molecule has 1 atom stereocenters. The largest absolute Gasteiger partial charge is 0.466 e. The van der Waals surface area contributed by atoms with Gasteiger partial charge in [0.15, 0.2) is 5.78 Å². The van der Waals surface area contributed by atoms with E-state index in [0.717, 1.165) is 3.57 Å². The Morgan fingerprint density at radius 1 is 1.36 bits per heavy atom. The molecule has 1 aromatic rings. The molecule has 0 unspecified atom stereocenters. The van der Waals surface area contributed by atoms with Crippen LogP contribution in [0.3, 0.4) is 0 Å². The van der Waals surface area contributed by atoms with Crippen molar-refractivity contribution >= 4 is 45.9 Å². The fourth-order valence-corrected chi connectivity index (χ4v) is 3.24. The molecule has 1 aromatic carbocycles. The standard InChI is InChI=1S/C16H18INO4/c1-10(19)18-13(4-3-7-22-11(2)20)9-16(21)14-8-12(17)5-6-15(14)18/h5-6,8,13H,3-4,7,9H2,1-2H3/t13-/m0/s1. The molecular weight excluding hydrogens is 397 g/mol. The number of hydrogen-bond donors (Lipinski definition) is 0. The van der Waals surface area contributed by atoms with Gasteiger partial charge in [-0.2, -0.15) is 0 Å². The Balaban J connectivity index is 2.18. The molecule has 0 aliphatic carbocycles. The maximum Gasteiger partial charge on any atom is 0.302 e. The van der Waals surface area contributed by atoms with Gasteiger partial charge in [0.05, 0.1) is 12.3 Å². The second-order valence-corrected chi connectivity index (χ2v) is 6.56. The molecule has 118 valence electrons. The first kappa shape index (κ1) is 16.9. The number of ether oxygens (including phenoxy) is 1. The van der Waals surface area contributed by atoms with Crippen LogP contribution in [0.25, 0.3) is 0 Å². The normalized spacial score (nSPS) is 17.1. The number of Topliss-reactive ketones (excluding diaryl/α,β-unsaturated/α-hetero) is 1. The van der Waals surface area contributed by atoms with Crippen LogP contribution in [0.4, 0.5) is 5.69 Å². The zero-order valence-electron chi connectivity index (χ0n) is 12.6. The minimum absolute atomic E-state index is 0.0588. The maximum atomic E-state index is 12.3. The van der Waals surface area contributed by atoms with Crippen molar-refractivity contribution in [2.24, 2.45) is 0 Å². The predicted molar refractivity (Wildman–Crippen MR) is 90.9 cm³/mol. The highest BCUT2D eigenvalue weighted by molar-refractivity contribution is 14.1. The van der Waals surface area contributed by atoms with Gasteiger partial charge in [0, 0.05) is 35.4 Å². The molecule has 1 heterocycles. The van der Waals surface area contributed by atoms with Gasteiger partial charge in [-0.25, -0.2) is 0 Å². The number of carbonyl (C=O) groups excluding carboxylic acids is 3. The van der Waals surface area contributed by atoms with Gasteiger partial charge in [0.1, 0.15) is 0 Å². The molecule has 1 aliphatic heterocycles. The van der Waals surface area contributed by atoms with E-state index in [1.165, 1.54) is 13.8 Å². The molecule has 0 saturated heterocycles. The van der Waals surface area contributed by atoms with E-state index in [4.69, 9.17) is 4.74 Å². The minimum atomic E-state index is -0.317. The average molecular weight is 415 g/mol. The molecule has 1 amide bonds. The van der Waals surface area contributed by atoms with Crippen molar-refractivity contribution in [1.29, 1.82) is 0 Å². The number of ketones is 1. The first-order valence-electron chi connectivity index (χ1n) is 7.16. The molecule has 5 nitrogen and oxygen atoms in total. The van der Waals surface area contributed by atoms with Gasteiger partial charge in [0.25, 0.3) is 0 Å². The van der Waals surface area contributed by atoms with Crippen LogP contribution in [-0.2, 0) is 14.3 Å². The van der Waals surface area contributed by atoms with Gasteiger partial charge in [-0.3, -0.25) is 14.4 Å². The van der Waals surface area contributed by atoms with Crippen molar-refractivity contribution in [3.63, 3.8) is 0 Å². The second-order valence-electron chi connectivity index (χ2n) is 5.31. The SMILES string of the molecule is CC(=O)OCCC[C@H]1CC(=O)c2cc(I)ccc2N1C(C)=O. The number of amides is 1. The van der Waals surface area contributed by atoms with Crippen LogP contribution in [0.15, 0.2) is 18.2 Å². The lowest BCUT2D eigenvalue weighted by Crippen LogP contribution is -2.44. The zero-order valence-corrected chi connectivity index (χ0v) is 14.8. The smallest absolute Gasteiger partial charge is 0.302 e. The van der Waals surface area contributed by atoms with Gasteiger partial charge >= 0.3 is 5.97 Å². The van der Waals surface area contributed by atoms with E-state index in [9.17, 15) is 14.4 Å². The number of benzene rings is 1. The minimum Gasteiger partial charge on any atom is -0.466 e. The third-order valence-electron chi connectivity index (χ3n) is 3.63. The summed E-state index contributed by atoms with van der Waals surface area (Å²) in [4.78, 5) is 36.8. The van der Waals surface area contributed by atoms with Crippen molar-refractivity contribution in [3.8, 4) is 0 Å². The average Bonchev–Trinajstić information content (AvgIpc) is 2.43. The molecule has 22 heavy (non-hydrogen) atoms. The summed E-state index contributed by atoms with van der Waals surface area (Å²) in [5.74, 6) is -0.334. The number of fused-ring (bicyclic) bond motifs is 1. The van der Waals surface area contributed by atoms with Crippen molar-refractivity contribution in [2.45, 2.75) is 39.2 Å². The van der Waals surface area contributed by atoms with Gasteiger partial charge in [0.2, 0.25) is 5.91 Å². The second kappa shape index (κ2) is 7.21. The van der Waals surface area contributed by atoms with Crippen molar-refractivity contribution in [1.82, 2.24) is 0 Å². The third kappa shape index (κ3) is 3.85. The summed E-state index contributed by atoms with van der Waals surface area (Å²) in [6.45, 7) is 3.19. The van der Waals surface area contributed by atoms with Crippen LogP contribution in [0.2, 0.25) is 0 Å². The lowest BCUT2D eigenvalue weighted by molar-refractivity contribution is -0.141. The highest BCUT2D eigenvalue weighted by Crippen LogP contribution is 2.33. The highest BCUT2D eigenvalue weighted by Gasteiger charge is 2.33. The fraction of sp³-hybridized carbons (Fsp3) is 0.438. The van der Waals surface area contributed by atoms with Crippen LogP contribution in [0, 0.1) is 3.57 Å². The molecule has 0 radical (unpaired) electrons. The first-order chi connectivity index (χ1) is 10.4. The van der Waals surface area contributed by atoms with Gasteiger partial charge in [-0.15, -0.1) is 0 Å². The summed E-state index contributed by atoms with van der Waals surface area (Å²) < 4.78 is 5.89. The van der Waals surface area contributed by atoms with Gasteiger partial charge in [-0.1, -0.05) is 0 Å². The number of esters is 1. The molecule has 2 rings (SSSR count). The van der Waals surface area contributed by atoms with Gasteiger partial charge in [-0.05, 0) is 53.6 Å². The van der Waals surface area contributed by atoms with Crippen molar-refractivity contribution in [2.75, 3.05) is 11.5 Å². The Morgan fingerprint density at radius 2 is 2.09 bits per heavy atom. The zero-order chi connectivity index (χ0) is 16.3. The fourth-order valence-electron chi connectivity index (χ4n) is 2.75. The van der Waals surface area contributed by atoms with Crippen LogP contribution in [0.1, 0.15) is 43.5 Å². The number of hydrogen-bond acceptors (Lipinski definition) is 4. The summed E-state index contributed by atoms with van der Waals surface area (Å²) in [7, 11) is 0. The molecule has 6 heteroatoms. The third-order valence-corrected chi connectivity index (χ3v) is 4.30. The number of halogens is 1. The van der Waals surface area contributed by atoms with E-state index in [1.807, 2.05) is 18.2 Å². The molecule has 0 saturated carbocycles. The lowest BCUT2D eigenvalue weighted by Gasteiger charge is -2.36. The first-order valence-corrected chi connectivity index (χ1v) is 8.24. The summed E-state index contributed by atoms with van der Waals surface area (Å²) in [5, 5.41) is 0. The van der Waals surface area contributed by atoms with E-state index in [0.29, 0.717) is 37.1 Å². The Bertz CT molecular complexity index is 614. The van der Waals surface area contributed by atoms with Crippen LogP contribution < -0.4 is 4.90 Å². The molecule has 1 aliphatic rings. The molecular formula is C16H18INO4. The lowest BCUT2D eigenvalue weighted by atomic mass is 9.92. The summed E-state index contributed by atoms with van der Waals surface area (Å²) >= 11 is 2.16. The maximum absolute atomic E-state index is 12.3. The van der Waals surface area contributed by atoms with Crippen molar-refractivity contribution in [3.05, 3.63) is 27.3 Å². The monoisotopic (exact) mass is 415 g/mol. The molecule has 0 bridgehead atoms. The van der Waals surface area contributed by atoms with Crippen LogP contribution >= 0.6 is 22.6 Å². The van der Waals surface area contributed by atoms with E-state index in [1.54, 1.807) is 4.90 Å². The van der Waals surface area contributed by atoms with E-state index in [-0.39, 0.29) is 23.7 Å². The Hall–Kier alpha value is -1.44. The van der Waals surface area contributed by atoms with E-state index < -0.39 is 0 Å². The summed E-state index contributed by atoms with van der Waals surface area (Å²) in [6.07, 6.45) is 1.57. The highest BCUT2D eigenvalue weighted by atomic mass is 127. The Kier molecular flexibility index (Phi) is 5.55. The Labute approximate surface area is 143 Å². The molecule has 0 fully saturated rings. The number of anilines is 1. The quantitative estimate of drug-likeness (QED) is 0.431. The van der Waals surface area contributed by atoms with E-state index >= 15 is 0 Å². The van der Waals surface area contributed by atoms with Gasteiger partial charge < -0.3 is 9.64 Å². The Morgan fingerprint density at radius 3 is 2.73 bits per heavy atom. The molecule has 0 N–H and O–H groups in total.